The third kappa shape index (κ3) is 2.89. The number of hydrazine groups is 1. The quantitative estimate of drug-likeness (QED) is 0.693. The number of nitrogens with zero attached hydrogens (tertiary/aromatic N) is 4. The van der Waals surface area contributed by atoms with Gasteiger partial charge in [-0.15, -0.1) is 4.83 Å². The molecular weight excluding hydrogens is 324 g/mol. The molecule has 0 bridgehead atoms. The number of hydrogen-bond acceptors (Lipinski definition) is 8. The number of hydrogen-bond donors (Lipinski definition) is 2. The van der Waals surface area contributed by atoms with Crippen LogP contribution >= 0.6 is 11.7 Å². The second kappa shape index (κ2) is 5.55. The Morgan fingerprint density at radius 1 is 1.09 bits per heavy atom. The van der Waals surface area contributed by atoms with Crippen LogP contribution in [0.4, 0.5) is 5.95 Å². The van der Waals surface area contributed by atoms with E-state index in [1.54, 1.807) is 32.0 Å². The van der Waals surface area contributed by atoms with Crippen molar-refractivity contribution in [2.24, 2.45) is 0 Å². The second-order valence-electron chi connectivity index (χ2n) is 4.59. The van der Waals surface area contributed by atoms with Gasteiger partial charge in [-0.25, -0.2) is 18.4 Å². The molecule has 0 aliphatic heterocycles. The van der Waals surface area contributed by atoms with Gasteiger partial charge in [-0.05, 0) is 32.0 Å². The first kappa shape index (κ1) is 14.8. The summed E-state index contributed by atoms with van der Waals surface area (Å²) in [5, 5.41) is 0. The lowest BCUT2D eigenvalue weighted by molar-refractivity contribution is 0.588. The summed E-state index contributed by atoms with van der Waals surface area (Å²) in [7, 11) is -3.82. The van der Waals surface area contributed by atoms with Gasteiger partial charge in [-0.2, -0.15) is 8.75 Å². The van der Waals surface area contributed by atoms with Crippen molar-refractivity contribution < 1.29 is 8.42 Å². The number of nitrogens with one attached hydrogen (secondary N) is 2. The molecule has 0 saturated carbocycles. The van der Waals surface area contributed by atoms with E-state index in [1.807, 2.05) is 0 Å². The van der Waals surface area contributed by atoms with Crippen molar-refractivity contribution in [3.05, 3.63) is 35.7 Å². The molecule has 0 unspecified atom stereocenters. The van der Waals surface area contributed by atoms with E-state index in [0.29, 0.717) is 11.0 Å². The van der Waals surface area contributed by atoms with Crippen molar-refractivity contribution in [3.63, 3.8) is 0 Å². The Kier molecular flexibility index (Phi) is 3.72. The Morgan fingerprint density at radius 3 is 2.55 bits per heavy atom. The summed E-state index contributed by atoms with van der Waals surface area (Å²) in [6, 6.07) is 6.58. The fourth-order valence-electron chi connectivity index (χ4n) is 1.95. The normalized spacial score (nSPS) is 11.7. The largest absolute Gasteiger partial charge is 0.276 e. The number of fused-ring (bicyclic) bond motifs is 1. The minimum absolute atomic E-state index is 0.0515. The molecule has 10 heteroatoms. The minimum Gasteiger partial charge on any atom is -0.276 e. The molecule has 114 valence electrons. The van der Waals surface area contributed by atoms with Gasteiger partial charge in [-0.1, -0.05) is 6.07 Å². The molecule has 22 heavy (non-hydrogen) atoms. The van der Waals surface area contributed by atoms with Crippen LogP contribution in [0.15, 0.2) is 29.2 Å². The van der Waals surface area contributed by atoms with E-state index < -0.39 is 10.0 Å². The Bertz CT molecular complexity index is 917. The maximum absolute atomic E-state index is 12.4. The molecule has 3 rings (SSSR count). The first-order valence-corrected chi connectivity index (χ1v) is 8.48. The van der Waals surface area contributed by atoms with E-state index >= 15 is 0 Å². The maximum Gasteiger partial charge on any atom is 0.259 e. The predicted molar refractivity (Wildman–Crippen MR) is 82.9 cm³/mol. The highest BCUT2D eigenvalue weighted by atomic mass is 32.2. The Hall–Kier alpha value is -2.17. The summed E-state index contributed by atoms with van der Waals surface area (Å²) in [6.07, 6.45) is 0. The summed E-state index contributed by atoms with van der Waals surface area (Å²) >= 11 is 0.964. The third-order valence-electron chi connectivity index (χ3n) is 2.82. The van der Waals surface area contributed by atoms with Crippen molar-refractivity contribution in [3.8, 4) is 0 Å². The molecular formula is C12H12N6O2S2. The summed E-state index contributed by atoms with van der Waals surface area (Å²) in [5.74, 6) is 0.185. The zero-order valence-electron chi connectivity index (χ0n) is 11.7. The molecule has 0 aliphatic carbocycles. The van der Waals surface area contributed by atoms with Crippen LogP contribution < -0.4 is 10.3 Å². The van der Waals surface area contributed by atoms with Crippen LogP contribution in [0.2, 0.25) is 0 Å². The lowest BCUT2D eigenvalue weighted by Gasteiger charge is -2.09. The van der Waals surface area contributed by atoms with Crippen LogP contribution in [0.25, 0.3) is 11.0 Å². The highest BCUT2D eigenvalue weighted by Gasteiger charge is 2.19. The molecule has 1 aromatic carbocycles. The average Bonchev–Trinajstić information content (AvgIpc) is 2.92. The average molecular weight is 336 g/mol. The van der Waals surface area contributed by atoms with Gasteiger partial charge in [0.25, 0.3) is 10.0 Å². The van der Waals surface area contributed by atoms with Crippen LogP contribution in [-0.2, 0) is 10.0 Å². The molecule has 3 aromatic rings. The number of aryl methyl sites for hydroxylation is 2. The number of benzene rings is 1. The summed E-state index contributed by atoms with van der Waals surface area (Å²) in [4.78, 5) is 10.5. The molecule has 8 nitrogen and oxygen atoms in total. The van der Waals surface area contributed by atoms with Crippen LogP contribution in [-0.4, -0.2) is 27.1 Å². The molecule has 2 heterocycles. The van der Waals surface area contributed by atoms with Gasteiger partial charge in [0.1, 0.15) is 15.9 Å². The molecule has 2 N–H and O–H groups in total. The standard InChI is InChI=1S/C12H12N6O2S2/c1-7-6-8(2)14-12(13-7)15-18-22(19,20)10-5-3-4-9-11(10)17-21-16-9/h3-6,18H,1-2H3,(H,13,14,15). The summed E-state index contributed by atoms with van der Waals surface area (Å²) < 4.78 is 32.8. The van der Waals surface area contributed by atoms with Crippen LogP contribution in [0.1, 0.15) is 11.4 Å². The van der Waals surface area contributed by atoms with E-state index in [-0.39, 0.29) is 10.8 Å². The summed E-state index contributed by atoms with van der Waals surface area (Å²) in [5.41, 5.74) is 4.86. The van der Waals surface area contributed by atoms with Crippen molar-refractivity contribution in [1.29, 1.82) is 0 Å². The van der Waals surface area contributed by atoms with Gasteiger partial charge >= 0.3 is 0 Å². The smallest absolute Gasteiger partial charge is 0.259 e. The minimum atomic E-state index is -3.82. The van der Waals surface area contributed by atoms with E-state index in [1.165, 1.54) is 6.07 Å². The van der Waals surface area contributed by atoms with Gasteiger partial charge in [0.2, 0.25) is 5.95 Å². The molecule has 0 fully saturated rings. The van der Waals surface area contributed by atoms with E-state index in [2.05, 4.69) is 29.0 Å². The van der Waals surface area contributed by atoms with Crippen LogP contribution in [0.3, 0.4) is 0 Å². The first-order chi connectivity index (χ1) is 10.5. The lowest BCUT2D eigenvalue weighted by atomic mass is 10.3. The zero-order valence-corrected chi connectivity index (χ0v) is 13.4. The van der Waals surface area contributed by atoms with Crippen LogP contribution in [0.5, 0.6) is 0 Å². The Balaban J connectivity index is 1.89. The topological polar surface area (TPSA) is 110 Å². The highest BCUT2D eigenvalue weighted by molar-refractivity contribution is 7.89. The molecule has 0 spiro atoms. The van der Waals surface area contributed by atoms with Gasteiger partial charge in [0.15, 0.2) is 0 Å². The molecule has 0 atom stereocenters. The van der Waals surface area contributed by atoms with E-state index in [9.17, 15) is 8.42 Å². The van der Waals surface area contributed by atoms with Crippen LogP contribution in [0, 0.1) is 13.8 Å². The third-order valence-corrected chi connectivity index (χ3v) is 4.64. The molecule has 0 saturated heterocycles. The van der Waals surface area contributed by atoms with E-state index in [0.717, 1.165) is 23.1 Å². The first-order valence-electron chi connectivity index (χ1n) is 6.27. The molecule has 0 amide bonds. The molecule has 0 radical (unpaired) electrons. The highest BCUT2D eigenvalue weighted by Crippen LogP contribution is 2.20. The van der Waals surface area contributed by atoms with E-state index in [4.69, 9.17) is 0 Å². The Morgan fingerprint density at radius 2 is 1.82 bits per heavy atom. The lowest BCUT2D eigenvalue weighted by Crippen LogP contribution is -2.30. The van der Waals surface area contributed by atoms with Gasteiger partial charge < -0.3 is 0 Å². The van der Waals surface area contributed by atoms with Crippen molar-refractivity contribution in [1.82, 2.24) is 23.5 Å². The zero-order chi connectivity index (χ0) is 15.7. The molecule has 0 aliphatic rings. The van der Waals surface area contributed by atoms with Crippen molar-refractivity contribution >= 4 is 38.7 Å². The maximum atomic E-state index is 12.4. The number of anilines is 1. The molecule has 2 aromatic heterocycles. The Labute approximate surface area is 131 Å². The predicted octanol–water partition coefficient (Wildman–Crippen LogP) is 1.40. The van der Waals surface area contributed by atoms with Gasteiger partial charge in [0, 0.05) is 11.4 Å². The fourth-order valence-corrected chi connectivity index (χ4v) is 3.55. The monoisotopic (exact) mass is 336 g/mol. The number of sulfonamides is 1. The SMILES string of the molecule is Cc1cc(C)nc(NNS(=O)(=O)c2cccc3nsnc23)n1. The van der Waals surface area contributed by atoms with Crippen molar-refractivity contribution in [2.45, 2.75) is 18.7 Å². The number of rotatable bonds is 4. The van der Waals surface area contributed by atoms with Gasteiger partial charge in [0.05, 0.1) is 11.7 Å². The van der Waals surface area contributed by atoms with Crippen molar-refractivity contribution in [2.75, 3.05) is 5.43 Å². The second-order valence-corrected chi connectivity index (χ2v) is 6.77. The van der Waals surface area contributed by atoms with Gasteiger partial charge in [-0.3, -0.25) is 5.43 Å². The number of aromatic nitrogens is 4. The fraction of sp³-hybridized carbons (Fsp3) is 0.167. The summed E-state index contributed by atoms with van der Waals surface area (Å²) in [6.45, 7) is 3.60.